The third-order valence-electron chi connectivity index (χ3n) is 4.40. The van der Waals surface area contributed by atoms with Crippen LogP contribution in [0.25, 0.3) is 6.08 Å². The van der Waals surface area contributed by atoms with Gasteiger partial charge in [0.05, 0.1) is 0 Å². The van der Waals surface area contributed by atoms with Crippen molar-refractivity contribution in [2.24, 2.45) is 0 Å². The predicted octanol–water partition coefficient (Wildman–Crippen LogP) is 6.81. The van der Waals surface area contributed by atoms with Gasteiger partial charge in [-0.3, -0.25) is 4.79 Å². The molecule has 3 aromatic carbocycles. The number of amides is 1. The zero-order valence-electron chi connectivity index (χ0n) is 17.6. The van der Waals surface area contributed by atoms with Crippen LogP contribution in [0.4, 0.5) is 5.69 Å². The molecule has 0 saturated heterocycles. The highest BCUT2D eigenvalue weighted by molar-refractivity contribution is 6.35. The topological polar surface area (TPSA) is 64.6 Å². The first-order chi connectivity index (χ1) is 15.8. The molecule has 170 valence electrons. The molecular weight excluding hydrogens is 485 g/mol. The smallest absolute Gasteiger partial charge is 0.331 e. The number of carbonyl (C=O) groups is 2. The van der Waals surface area contributed by atoms with E-state index in [-0.39, 0.29) is 0 Å². The average Bonchev–Trinajstić information content (AvgIpc) is 2.77. The largest absolute Gasteiger partial charge is 0.489 e. The summed E-state index contributed by atoms with van der Waals surface area (Å²) < 4.78 is 10.9. The first kappa shape index (κ1) is 24.6. The van der Waals surface area contributed by atoms with Crippen molar-refractivity contribution in [2.75, 3.05) is 5.32 Å². The highest BCUT2D eigenvalue weighted by atomic mass is 35.5. The van der Waals surface area contributed by atoms with Crippen LogP contribution in [-0.4, -0.2) is 18.0 Å². The molecule has 33 heavy (non-hydrogen) atoms. The molecule has 0 heterocycles. The fraction of sp³-hybridized carbons (Fsp3) is 0.120. The lowest BCUT2D eigenvalue weighted by Gasteiger charge is -2.12. The van der Waals surface area contributed by atoms with Crippen LogP contribution >= 0.6 is 34.8 Å². The first-order valence-electron chi connectivity index (χ1n) is 9.91. The van der Waals surface area contributed by atoms with E-state index < -0.39 is 18.0 Å². The van der Waals surface area contributed by atoms with Crippen LogP contribution in [0.5, 0.6) is 5.75 Å². The molecule has 0 radical (unpaired) electrons. The van der Waals surface area contributed by atoms with Crippen molar-refractivity contribution in [1.82, 2.24) is 0 Å². The number of anilines is 1. The second kappa shape index (κ2) is 11.8. The molecule has 0 spiro atoms. The summed E-state index contributed by atoms with van der Waals surface area (Å²) in [6.45, 7) is 1.89. The van der Waals surface area contributed by atoms with Crippen LogP contribution in [0.1, 0.15) is 18.1 Å². The van der Waals surface area contributed by atoms with E-state index in [1.165, 1.54) is 13.0 Å². The number of benzene rings is 3. The van der Waals surface area contributed by atoms with Gasteiger partial charge in [0.15, 0.2) is 6.10 Å². The van der Waals surface area contributed by atoms with Crippen LogP contribution in [0.15, 0.2) is 72.8 Å². The summed E-state index contributed by atoms with van der Waals surface area (Å²) in [5, 5.41) is 4.04. The normalized spacial score (nSPS) is 11.8. The maximum Gasteiger partial charge on any atom is 0.331 e. The average molecular weight is 505 g/mol. The van der Waals surface area contributed by atoms with Crippen LogP contribution in [0, 0.1) is 0 Å². The fourth-order valence-electron chi connectivity index (χ4n) is 2.72. The van der Waals surface area contributed by atoms with E-state index in [1.54, 1.807) is 48.5 Å². The number of hydrogen-bond acceptors (Lipinski definition) is 4. The molecule has 0 fully saturated rings. The van der Waals surface area contributed by atoms with Gasteiger partial charge in [0, 0.05) is 26.8 Å². The van der Waals surface area contributed by atoms with Crippen molar-refractivity contribution in [2.45, 2.75) is 19.6 Å². The molecule has 1 atom stereocenters. The zero-order valence-corrected chi connectivity index (χ0v) is 19.8. The van der Waals surface area contributed by atoms with E-state index in [2.05, 4.69) is 5.32 Å². The Kier molecular flexibility index (Phi) is 8.78. The number of ether oxygens (including phenoxy) is 2. The van der Waals surface area contributed by atoms with Gasteiger partial charge < -0.3 is 14.8 Å². The molecule has 5 nitrogen and oxygen atoms in total. The van der Waals surface area contributed by atoms with E-state index >= 15 is 0 Å². The minimum absolute atomic E-state index is 0.381. The Bertz CT molecular complexity index is 1130. The molecule has 1 amide bonds. The highest BCUT2D eigenvalue weighted by Crippen LogP contribution is 2.22. The molecule has 8 heteroatoms. The predicted molar refractivity (Wildman–Crippen MR) is 132 cm³/mol. The van der Waals surface area contributed by atoms with Crippen LogP contribution in [0.2, 0.25) is 15.1 Å². The van der Waals surface area contributed by atoms with E-state index in [9.17, 15) is 9.59 Å². The molecule has 0 aliphatic rings. The Morgan fingerprint density at radius 2 is 1.55 bits per heavy atom. The molecule has 1 unspecified atom stereocenters. The third kappa shape index (κ3) is 8.13. The van der Waals surface area contributed by atoms with Crippen LogP contribution in [0.3, 0.4) is 0 Å². The van der Waals surface area contributed by atoms with Gasteiger partial charge in [-0.15, -0.1) is 0 Å². The van der Waals surface area contributed by atoms with Crippen LogP contribution < -0.4 is 10.1 Å². The summed E-state index contributed by atoms with van der Waals surface area (Å²) in [4.78, 5) is 24.3. The standard InChI is InChI=1S/C25H20Cl3NO4/c1-16(25(31)29-22-13-20(27)12-21(28)14-22)33-24(30)11-6-17-4-9-23(10-5-17)32-15-18-2-7-19(26)8-3-18/h2-14,16H,15H2,1H3,(H,29,31). The van der Waals surface area contributed by atoms with Crippen molar-refractivity contribution >= 4 is 58.4 Å². The molecule has 0 bridgehead atoms. The zero-order chi connectivity index (χ0) is 23.8. The lowest BCUT2D eigenvalue weighted by Crippen LogP contribution is -2.29. The fourth-order valence-corrected chi connectivity index (χ4v) is 3.38. The van der Waals surface area contributed by atoms with Gasteiger partial charge in [-0.25, -0.2) is 4.79 Å². The Morgan fingerprint density at radius 3 is 2.18 bits per heavy atom. The number of nitrogens with one attached hydrogen (secondary N) is 1. The van der Waals surface area contributed by atoms with Gasteiger partial charge in [-0.2, -0.15) is 0 Å². The molecule has 0 saturated carbocycles. The molecule has 3 aromatic rings. The monoisotopic (exact) mass is 503 g/mol. The Hall–Kier alpha value is -2.99. The SMILES string of the molecule is CC(OC(=O)C=Cc1ccc(OCc2ccc(Cl)cc2)cc1)C(=O)Nc1cc(Cl)cc(Cl)c1. The number of rotatable bonds is 8. The number of esters is 1. The quantitative estimate of drug-likeness (QED) is 0.270. The van der Waals surface area contributed by atoms with Crippen molar-refractivity contribution in [3.8, 4) is 5.75 Å². The molecule has 0 aromatic heterocycles. The van der Waals surface area contributed by atoms with E-state index in [0.717, 1.165) is 11.1 Å². The minimum Gasteiger partial charge on any atom is -0.489 e. The highest BCUT2D eigenvalue weighted by Gasteiger charge is 2.17. The number of halogens is 3. The summed E-state index contributed by atoms with van der Waals surface area (Å²) in [7, 11) is 0. The summed E-state index contributed by atoms with van der Waals surface area (Å²) in [5.74, 6) is -0.460. The lowest BCUT2D eigenvalue weighted by molar-refractivity contribution is -0.148. The summed E-state index contributed by atoms with van der Waals surface area (Å²) >= 11 is 17.7. The van der Waals surface area contributed by atoms with Gasteiger partial charge in [0.25, 0.3) is 5.91 Å². The minimum atomic E-state index is -1.01. The van der Waals surface area contributed by atoms with Gasteiger partial charge in [-0.05, 0) is 66.6 Å². The van der Waals surface area contributed by atoms with Crippen molar-refractivity contribution < 1.29 is 19.1 Å². The van der Waals surface area contributed by atoms with Gasteiger partial charge >= 0.3 is 5.97 Å². The second-order valence-corrected chi connectivity index (χ2v) is 8.35. The third-order valence-corrected chi connectivity index (χ3v) is 5.09. The maximum atomic E-state index is 12.2. The van der Waals surface area contributed by atoms with E-state index in [0.29, 0.717) is 33.1 Å². The number of hydrogen-bond donors (Lipinski definition) is 1. The second-order valence-electron chi connectivity index (χ2n) is 7.04. The Balaban J connectivity index is 1.47. The molecule has 3 rings (SSSR count). The molecule has 0 aliphatic carbocycles. The van der Waals surface area contributed by atoms with Crippen molar-refractivity contribution in [3.05, 3.63) is 99.0 Å². The first-order valence-corrected chi connectivity index (χ1v) is 11.0. The molecular formula is C25H20Cl3NO4. The van der Waals surface area contributed by atoms with Gasteiger partial charge in [0.2, 0.25) is 0 Å². The maximum absolute atomic E-state index is 12.2. The summed E-state index contributed by atoms with van der Waals surface area (Å²) in [5.41, 5.74) is 2.19. The summed E-state index contributed by atoms with van der Waals surface area (Å²) in [6, 6.07) is 19.3. The Morgan fingerprint density at radius 1 is 0.909 bits per heavy atom. The number of carbonyl (C=O) groups excluding carboxylic acids is 2. The van der Waals surface area contributed by atoms with Gasteiger partial charge in [-0.1, -0.05) is 59.1 Å². The van der Waals surface area contributed by atoms with Crippen molar-refractivity contribution in [3.63, 3.8) is 0 Å². The van der Waals surface area contributed by atoms with E-state index in [4.69, 9.17) is 44.3 Å². The van der Waals surface area contributed by atoms with Crippen molar-refractivity contribution in [1.29, 1.82) is 0 Å². The Labute approximate surface area is 206 Å². The summed E-state index contributed by atoms with van der Waals surface area (Å²) in [6.07, 6.45) is 1.83. The lowest BCUT2D eigenvalue weighted by atomic mass is 10.2. The van der Waals surface area contributed by atoms with Gasteiger partial charge in [0.1, 0.15) is 12.4 Å². The van der Waals surface area contributed by atoms with E-state index in [1.807, 2.05) is 24.3 Å². The van der Waals surface area contributed by atoms with Crippen LogP contribution in [-0.2, 0) is 20.9 Å². The molecule has 1 N–H and O–H groups in total. The molecule has 0 aliphatic heterocycles.